The molecule has 158 valence electrons. The van der Waals surface area contributed by atoms with Gasteiger partial charge in [-0.3, -0.25) is 9.59 Å². The third-order valence-corrected chi connectivity index (χ3v) is 6.57. The predicted molar refractivity (Wildman–Crippen MR) is 116 cm³/mol. The van der Waals surface area contributed by atoms with Crippen LogP contribution in [0.15, 0.2) is 24.5 Å². The highest BCUT2D eigenvalue weighted by atomic mass is 16.2. The van der Waals surface area contributed by atoms with Crippen LogP contribution in [0.4, 0.5) is 11.5 Å². The minimum atomic E-state index is -0.0740. The molecular formula is C22H28N6O2. The lowest BCUT2D eigenvalue weighted by molar-refractivity contribution is -0.137. The van der Waals surface area contributed by atoms with Gasteiger partial charge < -0.3 is 20.0 Å². The fourth-order valence-corrected chi connectivity index (χ4v) is 4.80. The number of hydrogen-bond donors (Lipinski definition) is 1. The van der Waals surface area contributed by atoms with Gasteiger partial charge in [0.25, 0.3) is 0 Å². The number of piperidine rings is 1. The number of carbonyl (C=O) groups is 2. The van der Waals surface area contributed by atoms with Crippen LogP contribution in [0.25, 0.3) is 10.9 Å². The maximum Gasteiger partial charge on any atom is 0.227 e. The summed E-state index contributed by atoms with van der Waals surface area (Å²) in [6.07, 6.45) is 5.20. The summed E-state index contributed by atoms with van der Waals surface area (Å²) in [6.45, 7) is 5.63. The lowest BCUT2D eigenvalue weighted by atomic mass is 9.97. The second-order valence-electron chi connectivity index (χ2n) is 8.44. The lowest BCUT2D eigenvalue weighted by Gasteiger charge is -2.38. The first-order valence-corrected chi connectivity index (χ1v) is 11.0. The van der Waals surface area contributed by atoms with Crippen molar-refractivity contribution in [3.8, 4) is 0 Å². The van der Waals surface area contributed by atoms with Gasteiger partial charge in [-0.25, -0.2) is 9.97 Å². The molecule has 0 aliphatic carbocycles. The van der Waals surface area contributed by atoms with Crippen LogP contribution in [-0.2, 0) is 9.59 Å². The van der Waals surface area contributed by atoms with Crippen molar-refractivity contribution >= 4 is 34.2 Å². The van der Waals surface area contributed by atoms with Crippen molar-refractivity contribution < 1.29 is 9.59 Å². The Hall–Kier alpha value is -2.90. The SMILES string of the molecule is O=C1CCC(C(=O)N2CCN(c3ccc4ncnc(N5CCCC5)c4c3)CC2)CN1. The van der Waals surface area contributed by atoms with E-state index in [9.17, 15) is 9.59 Å². The maximum atomic E-state index is 12.8. The molecule has 1 aromatic heterocycles. The number of nitrogens with one attached hydrogen (secondary N) is 1. The number of nitrogens with zero attached hydrogens (tertiary/aromatic N) is 5. The molecule has 3 saturated heterocycles. The van der Waals surface area contributed by atoms with E-state index >= 15 is 0 Å². The van der Waals surface area contributed by atoms with Crippen LogP contribution >= 0.6 is 0 Å². The standard InChI is InChI=1S/C22H28N6O2/c29-20-6-3-16(14-23-20)22(30)28-11-9-26(10-12-28)17-4-5-19-18(13-17)21(25-15-24-19)27-7-1-2-8-27/h4-5,13,15-16H,1-3,6-12,14H2,(H,23,29). The summed E-state index contributed by atoms with van der Waals surface area (Å²) in [5, 5.41) is 3.92. The first kappa shape index (κ1) is 19.1. The first-order valence-electron chi connectivity index (χ1n) is 11.0. The molecule has 1 atom stereocenters. The Morgan fingerprint density at radius 2 is 1.80 bits per heavy atom. The molecule has 1 unspecified atom stereocenters. The molecule has 2 amide bonds. The van der Waals surface area contributed by atoms with Crippen molar-refractivity contribution in [1.82, 2.24) is 20.2 Å². The van der Waals surface area contributed by atoms with Gasteiger partial charge >= 0.3 is 0 Å². The fraction of sp³-hybridized carbons (Fsp3) is 0.545. The second-order valence-corrected chi connectivity index (χ2v) is 8.44. The van der Waals surface area contributed by atoms with Crippen LogP contribution < -0.4 is 15.1 Å². The summed E-state index contributed by atoms with van der Waals surface area (Å²) in [7, 11) is 0. The third kappa shape index (κ3) is 3.66. The smallest absolute Gasteiger partial charge is 0.227 e. The fourth-order valence-electron chi connectivity index (χ4n) is 4.80. The van der Waals surface area contributed by atoms with Crippen LogP contribution in [0, 0.1) is 5.92 Å². The van der Waals surface area contributed by atoms with Gasteiger partial charge in [-0.05, 0) is 37.5 Å². The van der Waals surface area contributed by atoms with Gasteiger partial charge in [0.05, 0.1) is 11.4 Å². The zero-order valence-corrected chi connectivity index (χ0v) is 17.2. The zero-order chi connectivity index (χ0) is 20.5. The first-order chi connectivity index (χ1) is 14.7. The van der Waals surface area contributed by atoms with Gasteiger partial charge in [-0.1, -0.05) is 0 Å². The Morgan fingerprint density at radius 1 is 1.00 bits per heavy atom. The number of amides is 2. The molecule has 8 nitrogen and oxygen atoms in total. The molecule has 3 aliphatic rings. The minimum Gasteiger partial charge on any atom is -0.368 e. The number of piperazine rings is 1. The van der Waals surface area contributed by atoms with Crippen molar-refractivity contribution in [2.24, 2.45) is 5.92 Å². The summed E-state index contributed by atoms with van der Waals surface area (Å²) < 4.78 is 0. The van der Waals surface area contributed by atoms with E-state index in [1.165, 1.54) is 12.8 Å². The average Bonchev–Trinajstić information content (AvgIpc) is 3.33. The number of fused-ring (bicyclic) bond motifs is 1. The molecule has 1 aromatic carbocycles. The van der Waals surface area contributed by atoms with E-state index in [4.69, 9.17) is 0 Å². The van der Waals surface area contributed by atoms with E-state index in [0.29, 0.717) is 32.5 Å². The topological polar surface area (TPSA) is 81.7 Å². The Morgan fingerprint density at radius 3 is 2.53 bits per heavy atom. The number of anilines is 2. The summed E-state index contributed by atoms with van der Waals surface area (Å²) in [4.78, 5) is 39.8. The molecule has 0 saturated carbocycles. The highest BCUT2D eigenvalue weighted by molar-refractivity contribution is 5.92. The van der Waals surface area contributed by atoms with E-state index in [-0.39, 0.29) is 17.7 Å². The molecule has 8 heteroatoms. The van der Waals surface area contributed by atoms with E-state index < -0.39 is 0 Å². The molecule has 3 aliphatic heterocycles. The summed E-state index contributed by atoms with van der Waals surface area (Å²) in [5.74, 6) is 1.19. The van der Waals surface area contributed by atoms with Crippen molar-refractivity contribution in [3.63, 3.8) is 0 Å². The minimum absolute atomic E-state index is 0.0532. The van der Waals surface area contributed by atoms with Gasteiger partial charge in [0.1, 0.15) is 12.1 Å². The normalized spacial score (nSPS) is 22.5. The Labute approximate surface area is 176 Å². The molecule has 2 aromatic rings. The molecule has 0 radical (unpaired) electrons. The Kier molecular flexibility index (Phi) is 5.14. The van der Waals surface area contributed by atoms with Crippen LogP contribution in [0.1, 0.15) is 25.7 Å². The van der Waals surface area contributed by atoms with E-state index in [1.54, 1.807) is 6.33 Å². The van der Waals surface area contributed by atoms with Crippen molar-refractivity contribution in [2.45, 2.75) is 25.7 Å². The molecular weight excluding hydrogens is 380 g/mol. The van der Waals surface area contributed by atoms with Gasteiger partial charge in [0.2, 0.25) is 11.8 Å². The van der Waals surface area contributed by atoms with Crippen molar-refractivity contribution in [2.75, 3.05) is 55.6 Å². The van der Waals surface area contributed by atoms with E-state index in [1.807, 2.05) is 4.90 Å². The van der Waals surface area contributed by atoms with E-state index in [2.05, 4.69) is 43.3 Å². The molecule has 4 heterocycles. The van der Waals surface area contributed by atoms with Crippen molar-refractivity contribution in [3.05, 3.63) is 24.5 Å². The average molecular weight is 409 g/mol. The number of rotatable bonds is 3. The van der Waals surface area contributed by atoms with Crippen LogP contribution in [-0.4, -0.2) is 72.5 Å². The van der Waals surface area contributed by atoms with Crippen molar-refractivity contribution in [1.29, 1.82) is 0 Å². The Bertz CT molecular complexity index is 940. The quantitative estimate of drug-likeness (QED) is 0.827. The van der Waals surface area contributed by atoms with E-state index in [0.717, 1.165) is 48.6 Å². The Balaban J connectivity index is 1.28. The summed E-state index contributed by atoms with van der Waals surface area (Å²) >= 11 is 0. The molecule has 1 N–H and O–H groups in total. The number of benzene rings is 1. The molecule has 5 rings (SSSR count). The molecule has 3 fully saturated rings. The molecule has 0 spiro atoms. The molecule has 30 heavy (non-hydrogen) atoms. The second kappa shape index (κ2) is 8.08. The van der Waals surface area contributed by atoms with Gasteiger partial charge in [-0.15, -0.1) is 0 Å². The highest BCUT2D eigenvalue weighted by Crippen LogP contribution is 2.30. The number of aromatic nitrogens is 2. The largest absolute Gasteiger partial charge is 0.368 e. The van der Waals surface area contributed by atoms with Gasteiger partial charge in [0, 0.05) is 63.3 Å². The summed E-state index contributed by atoms with van der Waals surface area (Å²) in [6, 6.07) is 6.41. The number of carbonyl (C=O) groups excluding carboxylic acids is 2. The lowest BCUT2D eigenvalue weighted by Crippen LogP contribution is -2.52. The number of hydrogen-bond acceptors (Lipinski definition) is 6. The predicted octanol–water partition coefficient (Wildman–Crippen LogP) is 1.40. The molecule has 0 bridgehead atoms. The zero-order valence-electron chi connectivity index (χ0n) is 17.2. The van der Waals surface area contributed by atoms with Crippen LogP contribution in [0.2, 0.25) is 0 Å². The maximum absolute atomic E-state index is 12.8. The van der Waals surface area contributed by atoms with Crippen LogP contribution in [0.5, 0.6) is 0 Å². The third-order valence-electron chi connectivity index (χ3n) is 6.57. The monoisotopic (exact) mass is 408 g/mol. The van der Waals surface area contributed by atoms with Crippen LogP contribution in [0.3, 0.4) is 0 Å². The summed E-state index contributed by atoms with van der Waals surface area (Å²) in [5.41, 5.74) is 2.14. The van der Waals surface area contributed by atoms with Gasteiger partial charge in [-0.2, -0.15) is 0 Å². The highest BCUT2D eigenvalue weighted by Gasteiger charge is 2.30. The van der Waals surface area contributed by atoms with Gasteiger partial charge in [0.15, 0.2) is 0 Å².